The third-order valence-electron chi connectivity index (χ3n) is 3.54. The van der Waals surface area contributed by atoms with E-state index in [0.29, 0.717) is 26.5 Å². The van der Waals surface area contributed by atoms with Crippen LogP contribution in [-0.2, 0) is 4.79 Å². The molecule has 1 amide bonds. The van der Waals surface area contributed by atoms with E-state index in [1.165, 1.54) is 29.2 Å². The minimum atomic E-state index is -0.350. The number of carbonyl (C=O) groups excluding carboxylic acids is 1. The fourth-order valence-electron chi connectivity index (χ4n) is 2.18. The van der Waals surface area contributed by atoms with Gasteiger partial charge in [-0.05, 0) is 36.8 Å². The molecule has 6 nitrogen and oxygen atoms in total. The Labute approximate surface area is 164 Å². The van der Waals surface area contributed by atoms with Crippen molar-refractivity contribution in [3.63, 3.8) is 0 Å². The van der Waals surface area contributed by atoms with Crippen LogP contribution in [0.1, 0.15) is 5.56 Å². The number of benzene rings is 2. The molecule has 1 aromatic heterocycles. The van der Waals surface area contributed by atoms with Crippen LogP contribution in [0.15, 0.2) is 46.8 Å². The van der Waals surface area contributed by atoms with Gasteiger partial charge < -0.3 is 15.4 Å². The Morgan fingerprint density at radius 2 is 2.07 bits per heavy atom. The van der Waals surface area contributed by atoms with Gasteiger partial charge >= 0.3 is 0 Å². The third kappa shape index (κ3) is 5.18. The maximum Gasteiger partial charge on any atom is 0.234 e. The number of anilines is 3. The van der Waals surface area contributed by atoms with Crippen LogP contribution in [0.2, 0.25) is 0 Å². The van der Waals surface area contributed by atoms with Crippen LogP contribution in [0.5, 0.6) is 5.75 Å². The molecule has 0 bridgehead atoms. The van der Waals surface area contributed by atoms with Crippen LogP contribution >= 0.6 is 23.1 Å². The predicted octanol–water partition coefficient (Wildman–Crippen LogP) is 4.47. The first kappa shape index (κ1) is 19.1. The number of aromatic nitrogens is 2. The highest BCUT2D eigenvalue weighted by atomic mass is 32.2. The molecule has 27 heavy (non-hydrogen) atoms. The van der Waals surface area contributed by atoms with Crippen molar-refractivity contribution in [1.82, 2.24) is 10.2 Å². The van der Waals surface area contributed by atoms with Gasteiger partial charge in [0.2, 0.25) is 11.0 Å². The van der Waals surface area contributed by atoms with Gasteiger partial charge in [0, 0.05) is 5.69 Å². The maximum atomic E-state index is 13.5. The molecule has 3 rings (SSSR count). The SMILES string of the molecule is COc1ccccc1Nc1nnc(SCC(=O)Nc2ccc(C)c(F)c2)s1. The maximum absolute atomic E-state index is 13.5. The fourth-order valence-corrected chi connectivity index (χ4v) is 3.74. The van der Waals surface area contributed by atoms with E-state index in [4.69, 9.17) is 4.74 Å². The van der Waals surface area contributed by atoms with Gasteiger partial charge in [-0.1, -0.05) is 41.3 Å². The highest BCUT2D eigenvalue weighted by molar-refractivity contribution is 8.01. The van der Waals surface area contributed by atoms with Crippen molar-refractivity contribution in [2.75, 3.05) is 23.5 Å². The molecule has 3 aromatic rings. The molecule has 0 atom stereocenters. The molecule has 0 fully saturated rings. The summed E-state index contributed by atoms with van der Waals surface area (Å²) in [6, 6.07) is 12.1. The average Bonchev–Trinajstić information content (AvgIpc) is 3.11. The number of hydrogen-bond donors (Lipinski definition) is 2. The number of halogens is 1. The molecule has 2 N–H and O–H groups in total. The predicted molar refractivity (Wildman–Crippen MR) is 107 cm³/mol. The molecule has 0 saturated heterocycles. The van der Waals surface area contributed by atoms with Crippen LogP contribution in [0.4, 0.5) is 20.9 Å². The molecule has 9 heteroatoms. The van der Waals surface area contributed by atoms with E-state index >= 15 is 0 Å². The van der Waals surface area contributed by atoms with Crippen molar-refractivity contribution in [2.24, 2.45) is 0 Å². The third-order valence-corrected chi connectivity index (χ3v) is 5.51. The first-order valence-electron chi connectivity index (χ1n) is 7.97. The quantitative estimate of drug-likeness (QED) is 0.566. The van der Waals surface area contributed by atoms with Crippen LogP contribution in [0, 0.1) is 12.7 Å². The molecule has 0 saturated carbocycles. The summed E-state index contributed by atoms with van der Waals surface area (Å²) < 4.78 is 19.5. The van der Waals surface area contributed by atoms with Crippen LogP contribution in [0.25, 0.3) is 0 Å². The largest absolute Gasteiger partial charge is 0.495 e. The second-order valence-corrected chi connectivity index (χ2v) is 7.70. The van der Waals surface area contributed by atoms with E-state index in [1.54, 1.807) is 26.2 Å². The lowest BCUT2D eigenvalue weighted by atomic mass is 10.2. The van der Waals surface area contributed by atoms with Gasteiger partial charge in [-0.2, -0.15) is 0 Å². The van der Waals surface area contributed by atoms with E-state index in [2.05, 4.69) is 20.8 Å². The number of carbonyl (C=O) groups is 1. The van der Waals surface area contributed by atoms with Gasteiger partial charge in [-0.15, -0.1) is 10.2 Å². The van der Waals surface area contributed by atoms with Gasteiger partial charge in [-0.25, -0.2) is 4.39 Å². The Kier molecular flexibility index (Phi) is 6.25. The van der Waals surface area contributed by atoms with E-state index < -0.39 is 0 Å². The lowest BCUT2D eigenvalue weighted by Gasteiger charge is -2.07. The van der Waals surface area contributed by atoms with E-state index in [1.807, 2.05) is 24.3 Å². The van der Waals surface area contributed by atoms with Crippen molar-refractivity contribution in [2.45, 2.75) is 11.3 Å². The zero-order chi connectivity index (χ0) is 19.2. The Balaban J connectivity index is 1.54. The Morgan fingerprint density at radius 1 is 1.26 bits per heavy atom. The fraction of sp³-hybridized carbons (Fsp3) is 0.167. The summed E-state index contributed by atoms with van der Waals surface area (Å²) in [7, 11) is 1.60. The zero-order valence-electron chi connectivity index (χ0n) is 14.7. The van der Waals surface area contributed by atoms with Crippen molar-refractivity contribution in [3.05, 3.63) is 53.8 Å². The van der Waals surface area contributed by atoms with Gasteiger partial charge in [0.25, 0.3) is 0 Å². The summed E-state index contributed by atoms with van der Waals surface area (Å²) in [5, 5.41) is 14.5. The summed E-state index contributed by atoms with van der Waals surface area (Å²) in [5.74, 6) is 0.264. The number of nitrogens with one attached hydrogen (secondary N) is 2. The molecule has 0 unspecified atom stereocenters. The number of para-hydroxylation sites is 2. The molecule has 1 heterocycles. The second kappa shape index (κ2) is 8.83. The van der Waals surface area contributed by atoms with Crippen LogP contribution in [-0.4, -0.2) is 29.0 Å². The Morgan fingerprint density at radius 3 is 2.85 bits per heavy atom. The molecule has 0 spiro atoms. The summed E-state index contributed by atoms with van der Waals surface area (Å²) in [5.41, 5.74) is 1.75. The minimum Gasteiger partial charge on any atom is -0.495 e. The summed E-state index contributed by atoms with van der Waals surface area (Å²) in [6.45, 7) is 1.67. The molecule has 0 aliphatic carbocycles. The van der Waals surface area contributed by atoms with Gasteiger partial charge in [0.1, 0.15) is 11.6 Å². The van der Waals surface area contributed by atoms with Crippen molar-refractivity contribution in [3.8, 4) is 5.75 Å². The minimum absolute atomic E-state index is 0.152. The topological polar surface area (TPSA) is 76.1 Å². The number of thioether (sulfide) groups is 1. The highest BCUT2D eigenvalue weighted by Crippen LogP contribution is 2.31. The zero-order valence-corrected chi connectivity index (χ0v) is 16.3. The van der Waals surface area contributed by atoms with Gasteiger partial charge in [-0.3, -0.25) is 4.79 Å². The molecule has 140 valence electrons. The molecular weight excluding hydrogens is 387 g/mol. The van der Waals surface area contributed by atoms with Crippen LogP contribution in [0.3, 0.4) is 0 Å². The van der Waals surface area contributed by atoms with E-state index in [0.717, 1.165) is 5.69 Å². The Bertz CT molecular complexity index is 949. The molecule has 0 aliphatic rings. The monoisotopic (exact) mass is 404 g/mol. The number of nitrogens with zero attached hydrogens (tertiary/aromatic N) is 2. The lowest BCUT2D eigenvalue weighted by molar-refractivity contribution is -0.113. The van der Waals surface area contributed by atoms with Gasteiger partial charge in [0.15, 0.2) is 4.34 Å². The van der Waals surface area contributed by atoms with E-state index in [9.17, 15) is 9.18 Å². The smallest absolute Gasteiger partial charge is 0.234 e. The van der Waals surface area contributed by atoms with Crippen molar-refractivity contribution >= 4 is 45.5 Å². The number of methoxy groups -OCH3 is 1. The summed E-state index contributed by atoms with van der Waals surface area (Å²) in [6.07, 6.45) is 0. The van der Waals surface area contributed by atoms with Crippen molar-refractivity contribution in [1.29, 1.82) is 0 Å². The average molecular weight is 404 g/mol. The first-order valence-corrected chi connectivity index (χ1v) is 9.77. The first-order chi connectivity index (χ1) is 13.0. The number of hydrogen-bond acceptors (Lipinski definition) is 7. The molecular formula is C18H17FN4O2S2. The number of rotatable bonds is 7. The standard InChI is InChI=1S/C18H17FN4O2S2/c1-11-7-8-12(9-13(11)19)20-16(24)10-26-18-23-22-17(27-18)21-14-5-3-4-6-15(14)25-2/h3-9H,10H2,1-2H3,(H,20,24)(H,21,22). The molecule has 2 aromatic carbocycles. The number of ether oxygens (including phenoxy) is 1. The summed E-state index contributed by atoms with van der Waals surface area (Å²) >= 11 is 2.60. The number of amides is 1. The van der Waals surface area contributed by atoms with E-state index in [-0.39, 0.29) is 17.5 Å². The van der Waals surface area contributed by atoms with Crippen molar-refractivity contribution < 1.29 is 13.9 Å². The molecule has 0 radical (unpaired) electrons. The Hall–Kier alpha value is -2.65. The van der Waals surface area contributed by atoms with Gasteiger partial charge in [0.05, 0.1) is 18.6 Å². The lowest BCUT2D eigenvalue weighted by Crippen LogP contribution is -2.14. The normalized spacial score (nSPS) is 10.5. The highest BCUT2D eigenvalue weighted by Gasteiger charge is 2.11. The van der Waals surface area contributed by atoms with Crippen LogP contribution < -0.4 is 15.4 Å². The molecule has 0 aliphatic heterocycles. The second-order valence-electron chi connectivity index (χ2n) is 5.50. The number of aryl methyl sites for hydroxylation is 1. The summed E-state index contributed by atoms with van der Waals surface area (Å²) in [4.78, 5) is 12.0.